The molecule has 1 saturated heterocycles. The molecule has 5 nitrogen and oxygen atoms in total. The lowest BCUT2D eigenvalue weighted by Gasteiger charge is -2.18. The molecule has 0 aromatic heterocycles. The van der Waals surface area contributed by atoms with Gasteiger partial charge in [0.2, 0.25) is 11.8 Å². The second kappa shape index (κ2) is 8.30. The number of carbonyl (C=O) groups is 2. The SMILES string of the molecule is N#CCCSc1ccccc1N1C(=O)C[C@H](Sc2ccccc2N)C1=O. The number of nitrogens with zero attached hydrogens (tertiary/aromatic N) is 2. The van der Waals surface area contributed by atoms with Gasteiger partial charge in [0, 0.05) is 34.1 Å². The van der Waals surface area contributed by atoms with Crippen molar-refractivity contribution >= 4 is 46.7 Å². The normalized spacial score (nSPS) is 16.7. The van der Waals surface area contributed by atoms with Crippen molar-refractivity contribution in [3.8, 4) is 6.07 Å². The van der Waals surface area contributed by atoms with Crippen molar-refractivity contribution in [3.63, 3.8) is 0 Å². The molecule has 0 bridgehead atoms. The van der Waals surface area contributed by atoms with Gasteiger partial charge in [0.15, 0.2) is 0 Å². The molecule has 26 heavy (non-hydrogen) atoms. The average Bonchev–Trinajstić information content (AvgIpc) is 2.91. The fraction of sp³-hybridized carbons (Fsp3) is 0.211. The van der Waals surface area contributed by atoms with Crippen LogP contribution in [0.1, 0.15) is 12.8 Å². The first-order valence-electron chi connectivity index (χ1n) is 8.08. The molecule has 2 N–H and O–H groups in total. The van der Waals surface area contributed by atoms with E-state index in [4.69, 9.17) is 11.0 Å². The quantitative estimate of drug-likeness (QED) is 0.354. The summed E-state index contributed by atoms with van der Waals surface area (Å²) in [6.07, 6.45) is 0.557. The van der Waals surface area contributed by atoms with Crippen molar-refractivity contribution in [3.05, 3.63) is 48.5 Å². The van der Waals surface area contributed by atoms with Crippen molar-refractivity contribution in [2.75, 3.05) is 16.4 Å². The molecule has 1 heterocycles. The smallest absolute Gasteiger partial charge is 0.247 e. The molecule has 132 valence electrons. The van der Waals surface area contributed by atoms with Gasteiger partial charge >= 0.3 is 0 Å². The van der Waals surface area contributed by atoms with E-state index < -0.39 is 5.25 Å². The van der Waals surface area contributed by atoms with Crippen LogP contribution in [0.5, 0.6) is 0 Å². The van der Waals surface area contributed by atoms with Gasteiger partial charge in [-0.05, 0) is 24.3 Å². The number of hydrogen-bond acceptors (Lipinski definition) is 6. The van der Waals surface area contributed by atoms with E-state index in [1.807, 2.05) is 30.3 Å². The van der Waals surface area contributed by atoms with Crippen molar-refractivity contribution in [1.29, 1.82) is 5.26 Å². The molecule has 0 radical (unpaired) electrons. The van der Waals surface area contributed by atoms with E-state index in [-0.39, 0.29) is 18.2 Å². The maximum absolute atomic E-state index is 12.9. The Morgan fingerprint density at radius 2 is 1.81 bits per heavy atom. The van der Waals surface area contributed by atoms with Gasteiger partial charge in [-0.25, -0.2) is 4.90 Å². The molecule has 1 aliphatic rings. The minimum absolute atomic E-state index is 0.148. The van der Waals surface area contributed by atoms with Gasteiger partial charge in [-0.3, -0.25) is 9.59 Å². The summed E-state index contributed by atoms with van der Waals surface area (Å²) in [6.45, 7) is 0. The Morgan fingerprint density at radius 3 is 2.54 bits per heavy atom. The Bertz CT molecular complexity index is 879. The van der Waals surface area contributed by atoms with Crippen LogP contribution in [0.2, 0.25) is 0 Å². The van der Waals surface area contributed by atoms with Gasteiger partial charge in [0.25, 0.3) is 0 Å². The number of hydrogen-bond donors (Lipinski definition) is 1. The highest BCUT2D eigenvalue weighted by molar-refractivity contribution is 8.01. The molecule has 1 fully saturated rings. The Morgan fingerprint density at radius 1 is 1.12 bits per heavy atom. The molecule has 0 unspecified atom stereocenters. The van der Waals surface area contributed by atoms with E-state index >= 15 is 0 Å². The molecular formula is C19H17N3O2S2. The number of thioether (sulfide) groups is 2. The van der Waals surface area contributed by atoms with E-state index in [0.717, 1.165) is 9.79 Å². The molecule has 1 aliphatic heterocycles. The highest BCUT2D eigenvalue weighted by Gasteiger charge is 2.41. The highest BCUT2D eigenvalue weighted by Crippen LogP contribution is 2.39. The number of carbonyl (C=O) groups excluding carboxylic acids is 2. The molecule has 2 aromatic rings. The van der Waals surface area contributed by atoms with Gasteiger partial charge in [0.1, 0.15) is 0 Å². The number of rotatable bonds is 6. The van der Waals surface area contributed by atoms with Gasteiger partial charge in [0.05, 0.1) is 17.0 Å². The zero-order valence-electron chi connectivity index (χ0n) is 13.9. The second-order valence-corrected chi connectivity index (χ2v) is 8.02. The first kappa shape index (κ1) is 18.4. The van der Waals surface area contributed by atoms with Crippen LogP contribution in [0, 0.1) is 11.3 Å². The topological polar surface area (TPSA) is 87.2 Å². The summed E-state index contributed by atoms with van der Waals surface area (Å²) in [5.74, 6) is 0.176. The maximum Gasteiger partial charge on any atom is 0.247 e. The summed E-state index contributed by atoms with van der Waals surface area (Å²) in [4.78, 5) is 28.3. The van der Waals surface area contributed by atoms with Gasteiger partial charge < -0.3 is 5.73 Å². The molecule has 0 aliphatic carbocycles. The van der Waals surface area contributed by atoms with Crippen molar-refractivity contribution < 1.29 is 9.59 Å². The number of imide groups is 1. The number of anilines is 2. The minimum atomic E-state index is -0.482. The molecule has 3 rings (SSSR count). The van der Waals surface area contributed by atoms with E-state index in [0.29, 0.717) is 23.5 Å². The second-order valence-electron chi connectivity index (χ2n) is 5.64. The van der Waals surface area contributed by atoms with Crippen LogP contribution in [0.15, 0.2) is 58.3 Å². The molecule has 2 amide bonds. The third-order valence-corrected chi connectivity index (χ3v) is 6.21. The molecular weight excluding hydrogens is 366 g/mol. The van der Waals surface area contributed by atoms with Gasteiger partial charge in [-0.2, -0.15) is 5.26 Å². The first-order valence-corrected chi connectivity index (χ1v) is 9.95. The summed E-state index contributed by atoms with van der Waals surface area (Å²) in [7, 11) is 0. The third kappa shape index (κ3) is 3.87. The molecule has 7 heteroatoms. The summed E-state index contributed by atoms with van der Waals surface area (Å²) < 4.78 is 0. The number of para-hydroxylation sites is 2. The van der Waals surface area contributed by atoms with Crippen molar-refractivity contribution in [1.82, 2.24) is 0 Å². The van der Waals surface area contributed by atoms with Crippen molar-refractivity contribution in [2.45, 2.75) is 27.9 Å². The predicted molar refractivity (Wildman–Crippen MR) is 105 cm³/mol. The van der Waals surface area contributed by atoms with Crippen LogP contribution < -0.4 is 10.6 Å². The average molecular weight is 383 g/mol. The van der Waals surface area contributed by atoms with E-state index in [2.05, 4.69) is 6.07 Å². The Kier molecular flexibility index (Phi) is 5.86. The molecule has 0 spiro atoms. The lowest BCUT2D eigenvalue weighted by molar-refractivity contribution is -0.121. The number of benzene rings is 2. The number of nitrogens with two attached hydrogens (primary N) is 1. The molecule has 1 atom stereocenters. The lowest BCUT2D eigenvalue weighted by Crippen LogP contribution is -2.31. The van der Waals surface area contributed by atoms with Gasteiger partial charge in [-0.1, -0.05) is 24.3 Å². The largest absolute Gasteiger partial charge is 0.398 e. The van der Waals surface area contributed by atoms with Crippen LogP contribution in [0.4, 0.5) is 11.4 Å². The van der Waals surface area contributed by atoms with Crippen LogP contribution in [-0.2, 0) is 9.59 Å². The van der Waals surface area contributed by atoms with Gasteiger partial charge in [-0.15, -0.1) is 23.5 Å². The summed E-state index contributed by atoms with van der Waals surface area (Å²) in [5.41, 5.74) is 7.15. The van der Waals surface area contributed by atoms with E-state index in [1.54, 1.807) is 18.2 Å². The highest BCUT2D eigenvalue weighted by atomic mass is 32.2. The standard InChI is InChI=1S/C19H17N3O2S2/c20-10-5-11-25-16-9-4-2-7-14(16)22-18(23)12-17(19(22)24)26-15-8-3-1-6-13(15)21/h1-4,6-9,17H,5,11-12,21H2/t17-/m0/s1. The maximum atomic E-state index is 12.9. The van der Waals surface area contributed by atoms with Crippen LogP contribution >= 0.6 is 23.5 Å². The van der Waals surface area contributed by atoms with E-state index in [1.165, 1.54) is 28.4 Å². The van der Waals surface area contributed by atoms with Crippen LogP contribution in [0.25, 0.3) is 0 Å². The lowest BCUT2D eigenvalue weighted by atomic mass is 10.3. The fourth-order valence-corrected chi connectivity index (χ4v) is 4.66. The van der Waals surface area contributed by atoms with Crippen LogP contribution in [0.3, 0.4) is 0 Å². The number of amides is 2. The third-order valence-electron chi connectivity index (χ3n) is 3.87. The predicted octanol–water partition coefficient (Wildman–Crippen LogP) is 3.70. The number of nitriles is 1. The fourth-order valence-electron chi connectivity index (χ4n) is 2.66. The zero-order valence-corrected chi connectivity index (χ0v) is 15.6. The molecule has 0 saturated carbocycles. The minimum Gasteiger partial charge on any atom is -0.398 e. The van der Waals surface area contributed by atoms with Crippen LogP contribution in [-0.4, -0.2) is 22.8 Å². The summed E-state index contributed by atoms with van der Waals surface area (Å²) in [6, 6.07) is 16.7. The van der Waals surface area contributed by atoms with Crippen molar-refractivity contribution in [2.24, 2.45) is 0 Å². The molecule has 2 aromatic carbocycles. The first-order chi connectivity index (χ1) is 12.6. The Hall–Kier alpha value is -2.43. The Labute approximate surface area is 160 Å². The zero-order chi connectivity index (χ0) is 18.5. The number of nitrogen functional groups attached to an aromatic ring is 1. The Balaban J connectivity index is 1.82. The van der Waals surface area contributed by atoms with E-state index in [9.17, 15) is 9.59 Å². The monoisotopic (exact) mass is 383 g/mol. The summed E-state index contributed by atoms with van der Waals surface area (Å²) >= 11 is 2.80. The summed E-state index contributed by atoms with van der Waals surface area (Å²) in [5, 5.41) is 8.23.